The van der Waals surface area contributed by atoms with Crippen LogP contribution in [0.4, 0.5) is 11.4 Å². The molecule has 0 saturated carbocycles. The molecule has 0 bridgehead atoms. The van der Waals surface area contributed by atoms with Crippen LogP contribution in [-0.4, -0.2) is 20.1 Å². The Morgan fingerprint density at radius 1 is 0.909 bits per heavy atom. The van der Waals surface area contributed by atoms with Crippen molar-refractivity contribution in [1.82, 2.24) is 0 Å². The first kappa shape index (κ1) is 23.2. The molecule has 4 aromatic carbocycles. The molecule has 8 heteroatoms. The molecule has 0 aromatic heterocycles. The first-order chi connectivity index (χ1) is 15.8. The fraction of sp³-hybridized carbons (Fsp3) is 0.0800. The molecule has 0 saturated heterocycles. The van der Waals surface area contributed by atoms with E-state index in [-0.39, 0.29) is 16.6 Å². The van der Waals surface area contributed by atoms with E-state index in [9.17, 15) is 13.2 Å². The number of fused-ring (bicyclic) bond motifs is 1. The summed E-state index contributed by atoms with van der Waals surface area (Å²) in [7, 11) is -3.83. The number of thioether (sulfide) groups is 1. The van der Waals surface area contributed by atoms with E-state index in [1.807, 2.05) is 49.4 Å². The Bertz CT molecular complexity index is 1420. The minimum Gasteiger partial charge on any atom is -0.325 e. The van der Waals surface area contributed by atoms with Crippen LogP contribution in [0.3, 0.4) is 0 Å². The van der Waals surface area contributed by atoms with Gasteiger partial charge in [-0.25, -0.2) is 8.42 Å². The van der Waals surface area contributed by atoms with Crippen molar-refractivity contribution in [2.24, 2.45) is 0 Å². The first-order valence-electron chi connectivity index (χ1n) is 10.1. The van der Waals surface area contributed by atoms with E-state index in [1.165, 1.54) is 23.9 Å². The van der Waals surface area contributed by atoms with Gasteiger partial charge in [-0.3, -0.25) is 9.52 Å². The van der Waals surface area contributed by atoms with Crippen molar-refractivity contribution in [2.45, 2.75) is 16.7 Å². The molecule has 0 aliphatic heterocycles. The Morgan fingerprint density at radius 2 is 1.64 bits per heavy atom. The number of nitrogens with one attached hydrogen (secondary N) is 2. The highest BCUT2D eigenvalue weighted by molar-refractivity contribution is 8.00. The second-order valence-electron chi connectivity index (χ2n) is 7.43. The second kappa shape index (κ2) is 9.87. The SMILES string of the molecule is Cc1ccc(S(=O)(=O)Nc2ccc(Cl)cc2)cc1NC(=O)CSc1ccc2ccccc2c1. The molecule has 0 unspecified atom stereocenters. The molecule has 1 amide bonds. The zero-order valence-corrected chi connectivity index (χ0v) is 20.1. The minimum absolute atomic E-state index is 0.0560. The van der Waals surface area contributed by atoms with Gasteiger partial charge < -0.3 is 5.32 Å². The molecule has 0 radical (unpaired) electrons. The number of aryl methyl sites for hydroxylation is 1. The number of hydrogen-bond acceptors (Lipinski definition) is 4. The highest BCUT2D eigenvalue weighted by atomic mass is 35.5. The molecule has 0 heterocycles. The van der Waals surface area contributed by atoms with E-state index in [0.717, 1.165) is 21.2 Å². The summed E-state index contributed by atoms with van der Waals surface area (Å²) in [6, 6.07) is 25.1. The normalized spacial score (nSPS) is 11.3. The zero-order chi connectivity index (χ0) is 23.4. The summed E-state index contributed by atoms with van der Waals surface area (Å²) >= 11 is 7.29. The number of hydrogen-bond donors (Lipinski definition) is 2. The number of rotatable bonds is 7. The number of benzene rings is 4. The lowest BCUT2D eigenvalue weighted by Crippen LogP contribution is -2.17. The van der Waals surface area contributed by atoms with E-state index < -0.39 is 10.0 Å². The molecule has 0 aliphatic carbocycles. The summed E-state index contributed by atoms with van der Waals surface area (Å²) in [5.74, 6) is -0.00547. The van der Waals surface area contributed by atoms with Crippen LogP contribution in [0.5, 0.6) is 0 Å². The van der Waals surface area contributed by atoms with Gasteiger partial charge in [-0.05, 0) is 71.8 Å². The van der Waals surface area contributed by atoms with Crippen LogP contribution >= 0.6 is 23.4 Å². The minimum atomic E-state index is -3.83. The Morgan fingerprint density at radius 3 is 2.39 bits per heavy atom. The van der Waals surface area contributed by atoms with Crippen molar-refractivity contribution in [1.29, 1.82) is 0 Å². The van der Waals surface area contributed by atoms with Crippen LogP contribution in [0.25, 0.3) is 10.8 Å². The van der Waals surface area contributed by atoms with Crippen LogP contribution in [0, 0.1) is 6.92 Å². The first-order valence-corrected chi connectivity index (χ1v) is 13.0. The van der Waals surface area contributed by atoms with Crippen molar-refractivity contribution >= 4 is 61.4 Å². The Hall–Kier alpha value is -3.00. The fourth-order valence-electron chi connectivity index (χ4n) is 3.23. The molecule has 2 N–H and O–H groups in total. The molecule has 168 valence electrons. The summed E-state index contributed by atoms with van der Waals surface area (Å²) in [5, 5.41) is 5.61. The smallest absolute Gasteiger partial charge is 0.261 e. The zero-order valence-electron chi connectivity index (χ0n) is 17.7. The maximum absolute atomic E-state index is 12.8. The Labute approximate surface area is 202 Å². The predicted molar refractivity (Wildman–Crippen MR) is 137 cm³/mol. The van der Waals surface area contributed by atoms with Crippen LogP contribution in [0.1, 0.15) is 5.56 Å². The summed E-state index contributed by atoms with van der Waals surface area (Å²) in [6.45, 7) is 1.81. The van der Waals surface area contributed by atoms with Gasteiger partial charge in [0.05, 0.1) is 10.6 Å². The van der Waals surface area contributed by atoms with Crippen molar-refractivity contribution in [3.63, 3.8) is 0 Å². The molecular weight excluding hydrogens is 476 g/mol. The van der Waals surface area contributed by atoms with Crippen LogP contribution in [0.2, 0.25) is 5.02 Å². The van der Waals surface area contributed by atoms with Gasteiger partial charge in [0, 0.05) is 21.3 Å². The summed E-state index contributed by atoms with van der Waals surface area (Å²) in [6.07, 6.45) is 0. The standard InChI is InChI=1S/C25H21ClN2O3S2/c1-17-6-13-23(33(30,31)28-21-10-8-20(26)9-11-21)15-24(17)27-25(29)16-32-22-12-7-18-4-2-3-5-19(18)14-22/h2-15,28H,16H2,1H3,(H,27,29). The van der Waals surface area contributed by atoms with Gasteiger partial charge in [0.25, 0.3) is 10.0 Å². The molecule has 0 fully saturated rings. The summed E-state index contributed by atoms with van der Waals surface area (Å²) < 4.78 is 28.1. The lowest BCUT2D eigenvalue weighted by Gasteiger charge is -2.12. The number of sulfonamides is 1. The molecule has 4 aromatic rings. The maximum atomic E-state index is 12.8. The molecule has 4 rings (SSSR count). The second-order valence-corrected chi connectivity index (χ2v) is 10.6. The molecular formula is C25H21ClN2O3S2. The third-order valence-electron chi connectivity index (χ3n) is 4.98. The van der Waals surface area contributed by atoms with E-state index in [4.69, 9.17) is 11.6 Å². The predicted octanol–water partition coefficient (Wildman–Crippen LogP) is 6.33. The van der Waals surface area contributed by atoms with Gasteiger partial charge in [0.1, 0.15) is 0 Å². The van der Waals surface area contributed by atoms with E-state index >= 15 is 0 Å². The quantitative estimate of drug-likeness (QED) is 0.293. The van der Waals surface area contributed by atoms with Crippen molar-refractivity contribution in [3.8, 4) is 0 Å². The Kier molecular flexibility index (Phi) is 6.93. The Balaban J connectivity index is 1.44. The van der Waals surface area contributed by atoms with E-state index in [0.29, 0.717) is 16.4 Å². The van der Waals surface area contributed by atoms with Gasteiger partial charge >= 0.3 is 0 Å². The lowest BCUT2D eigenvalue weighted by atomic mass is 10.1. The average molecular weight is 497 g/mol. The number of halogens is 1. The lowest BCUT2D eigenvalue weighted by molar-refractivity contribution is -0.113. The van der Waals surface area contributed by atoms with Crippen LogP contribution in [-0.2, 0) is 14.8 Å². The summed E-state index contributed by atoms with van der Waals surface area (Å²) in [5.41, 5.74) is 1.62. The summed E-state index contributed by atoms with van der Waals surface area (Å²) in [4.78, 5) is 13.6. The number of carbonyl (C=O) groups is 1. The van der Waals surface area contributed by atoms with Gasteiger partial charge in [-0.2, -0.15) is 0 Å². The van der Waals surface area contributed by atoms with E-state index in [1.54, 1.807) is 30.3 Å². The molecule has 5 nitrogen and oxygen atoms in total. The van der Waals surface area contributed by atoms with Crippen LogP contribution in [0.15, 0.2) is 94.7 Å². The van der Waals surface area contributed by atoms with Gasteiger partial charge in [0.2, 0.25) is 5.91 Å². The molecule has 0 aliphatic rings. The topological polar surface area (TPSA) is 75.3 Å². The monoisotopic (exact) mass is 496 g/mol. The third kappa shape index (κ3) is 5.87. The van der Waals surface area contributed by atoms with E-state index in [2.05, 4.69) is 10.0 Å². The highest BCUT2D eigenvalue weighted by Gasteiger charge is 2.17. The van der Waals surface area contributed by atoms with Gasteiger partial charge in [-0.15, -0.1) is 11.8 Å². The third-order valence-corrected chi connectivity index (χ3v) is 7.61. The largest absolute Gasteiger partial charge is 0.325 e. The number of amides is 1. The molecule has 33 heavy (non-hydrogen) atoms. The van der Waals surface area contributed by atoms with Crippen molar-refractivity contribution in [3.05, 3.63) is 95.5 Å². The number of anilines is 2. The molecule has 0 spiro atoms. The van der Waals surface area contributed by atoms with Crippen molar-refractivity contribution in [2.75, 3.05) is 15.8 Å². The molecule has 0 atom stereocenters. The van der Waals surface area contributed by atoms with Gasteiger partial charge in [0.15, 0.2) is 0 Å². The van der Waals surface area contributed by atoms with Crippen LogP contribution < -0.4 is 10.0 Å². The number of carbonyl (C=O) groups excluding carboxylic acids is 1. The van der Waals surface area contributed by atoms with Gasteiger partial charge in [-0.1, -0.05) is 48.0 Å². The fourth-order valence-corrected chi connectivity index (χ4v) is 5.18. The maximum Gasteiger partial charge on any atom is 0.261 e. The highest BCUT2D eigenvalue weighted by Crippen LogP contribution is 2.26. The van der Waals surface area contributed by atoms with Crippen molar-refractivity contribution < 1.29 is 13.2 Å². The average Bonchev–Trinajstić information content (AvgIpc) is 2.80.